The molecule has 0 aromatic rings. The molecule has 0 bridgehead atoms. The predicted octanol–water partition coefficient (Wildman–Crippen LogP) is 0.790. The number of rotatable bonds is 1. The van der Waals surface area contributed by atoms with Gasteiger partial charge in [-0.05, 0) is 0 Å². The summed E-state index contributed by atoms with van der Waals surface area (Å²) in [6.07, 6.45) is 6.83. The molecule has 0 unspecified atom stereocenters. The number of carbonyl (C=O) groups is 1. The summed E-state index contributed by atoms with van der Waals surface area (Å²) in [5.74, 6) is 1.99. The van der Waals surface area contributed by atoms with Crippen LogP contribution < -0.4 is 0 Å². The van der Waals surface area contributed by atoms with Crippen LogP contribution in [0.5, 0.6) is 0 Å². The zero-order valence-electron chi connectivity index (χ0n) is 5.57. The number of nitrogens with zero attached hydrogens (tertiary/aromatic N) is 1. The first kappa shape index (κ1) is 7.45. The topological polar surface area (TPSA) is 29.4 Å². The molecule has 0 atom stereocenters. The molecule has 0 fully saturated rings. The van der Waals surface area contributed by atoms with Crippen LogP contribution in [0, 0.1) is 0 Å². The number of hydrogen-bond acceptors (Lipinski definition) is 2. The Balaban J connectivity index is 2.80. The van der Waals surface area contributed by atoms with Gasteiger partial charge in [-0.2, -0.15) is 0 Å². The third-order valence-electron chi connectivity index (χ3n) is 1.05. The Kier molecular flexibility index (Phi) is 2.60. The van der Waals surface area contributed by atoms with Gasteiger partial charge in [0.2, 0.25) is 0 Å². The van der Waals surface area contributed by atoms with Crippen LogP contribution in [0.3, 0.4) is 0 Å². The first-order valence-corrected chi connectivity index (χ1v) is 5.33. The molecular weight excluding hydrogens is 193 g/mol. The van der Waals surface area contributed by atoms with Crippen LogP contribution in [-0.2, 0) is 4.79 Å². The van der Waals surface area contributed by atoms with E-state index >= 15 is 0 Å². The average Bonchev–Trinajstić information content (AvgIpc) is 1.94. The van der Waals surface area contributed by atoms with Gasteiger partial charge < -0.3 is 0 Å². The van der Waals surface area contributed by atoms with Crippen molar-refractivity contribution in [2.75, 3.05) is 0 Å². The van der Waals surface area contributed by atoms with Crippen molar-refractivity contribution in [3.63, 3.8) is 0 Å². The fourth-order valence-electron chi connectivity index (χ4n) is 0.631. The van der Waals surface area contributed by atoms with Gasteiger partial charge >= 0.3 is 65.6 Å². The summed E-state index contributed by atoms with van der Waals surface area (Å²) in [4.78, 5) is 10.9. The fraction of sp³-hybridized carbons (Fsp3) is 0.143. The van der Waals surface area contributed by atoms with Gasteiger partial charge in [0.1, 0.15) is 0 Å². The minimum absolute atomic E-state index is 0.0197. The average molecular weight is 200 g/mol. The van der Waals surface area contributed by atoms with Gasteiger partial charge in [0, 0.05) is 0 Å². The van der Waals surface area contributed by atoms with Crippen molar-refractivity contribution in [1.82, 2.24) is 0 Å². The van der Waals surface area contributed by atoms with E-state index in [1.807, 2.05) is 11.9 Å². The molecule has 2 nitrogen and oxygen atoms in total. The second kappa shape index (κ2) is 3.49. The zero-order chi connectivity index (χ0) is 7.40. The van der Waals surface area contributed by atoms with Crippen LogP contribution in [-0.4, -0.2) is 26.7 Å². The number of allylic oxidation sites excluding steroid dienone is 4. The Labute approximate surface area is 66.1 Å². The third-order valence-corrected chi connectivity index (χ3v) is 1.85. The standard InChI is InChI=1S/C7H7NOSe/c1-10-8-6-4-2-3-5-7(6)9/h2-5H,1H3/b8-6-. The summed E-state index contributed by atoms with van der Waals surface area (Å²) in [7, 11) is 0. The summed E-state index contributed by atoms with van der Waals surface area (Å²) in [5, 5.41) is 0. The van der Waals surface area contributed by atoms with Crippen LogP contribution in [0.1, 0.15) is 0 Å². The van der Waals surface area contributed by atoms with E-state index < -0.39 is 0 Å². The molecule has 0 N–H and O–H groups in total. The maximum absolute atomic E-state index is 10.9. The normalized spacial score (nSPS) is 20.5. The molecule has 1 rings (SSSR count). The van der Waals surface area contributed by atoms with Gasteiger partial charge in [-0.25, -0.2) is 0 Å². The SMILES string of the molecule is C[Se]/N=C1/C=CC=CC1=O. The van der Waals surface area contributed by atoms with Crippen LogP contribution in [0.2, 0.25) is 5.82 Å². The molecule has 3 heteroatoms. The van der Waals surface area contributed by atoms with E-state index in [0.717, 1.165) is 0 Å². The van der Waals surface area contributed by atoms with Crippen LogP contribution in [0.15, 0.2) is 28.3 Å². The van der Waals surface area contributed by atoms with Gasteiger partial charge in [-0.1, -0.05) is 0 Å². The Hall–Kier alpha value is -0.661. The molecule has 0 amide bonds. The van der Waals surface area contributed by atoms with Crippen molar-refractivity contribution < 1.29 is 4.79 Å². The predicted molar refractivity (Wildman–Crippen MR) is 42.3 cm³/mol. The van der Waals surface area contributed by atoms with E-state index in [9.17, 15) is 4.79 Å². The molecule has 0 aliphatic heterocycles. The first-order chi connectivity index (χ1) is 4.84. The molecule has 0 radical (unpaired) electrons. The second-order valence-electron chi connectivity index (χ2n) is 1.74. The Morgan fingerprint density at radius 2 is 2.10 bits per heavy atom. The summed E-state index contributed by atoms with van der Waals surface area (Å²) in [5.41, 5.74) is 0.588. The van der Waals surface area contributed by atoms with E-state index in [4.69, 9.17) is 0 Å². The van der Waals surface area contributed by atoms with E-state index in [0.29, 0.717) is 5.71 Å². The third kappa shape index (κ3) is 1.66. The molecule has 0 saturated heterocycles. The molecule has 0 heterocycles. The molecule has 10 heavy (non-hydrogen) atoms. The Bertz CT molecular complexity index is 228. The van der Waals surface area contributed by atoms with E-state index in [1.165, 1.54) is 6.08 Å². The summed E-state index contributed by atoms with van der Waals surface area (Å²) in [6, 6.07) is 0. The van der Waals surface area contributed by atoms with Crippen molar-refractivity contribution in [2.24, 2.45) is 4.01 Å². The minimum atomic E-state index is 0.0197. The van der Waals surface area contributed by atoms with Gasteiger partial charge in [0.05, 0.1) is 0 Å². The first-order valence-electron chi connectivity index (χ1n) is 2.85. The van der Waals surface area contributed by atoms with Crippen molar-refractivity contribution >= 4 is 26.7 Å². The van der Waals surface area contributed by atoms with Gasteiger partial charge in [-0.3, -0.25) is 0 Å². The van der Waals surface area contributed by atoms with E-state index in [1.54, 1.807) is 12.2 Å². The molecule has 1 aliphatic rings. The number of ketones is 1. The molecule has 0 aromatic carbocycles. The molecule has 0 saturated carbocycles. The second-order valence-corrected chi connectivity index (χ2v) is 2.89. The molecule has 52 valence electrons. The van der Waals surface area contributed by atoms with Crippen LogP contribution >= 0.6 is 0 Å². The van der Waals surface area contributed by atoms with Crippen molar-refractivity contribution in [3.05, 3.63) is 24.3 Å². The van der Waals surface area contributed by atoms with Crippen LogP contribution in [0.4, 0.5) is 0 Å². The zero-order valence-corrected chi connectivity index (χ0v) is 7.29. The number of hydrogen-bond donors (Lipinski definition) is 0. The van der Waals surface area contributed by atoms with Crippen molar-refractivity contribution in [3.8, 4) is 0 Å². The summed E-state index contributed by atoms with van der Waals surface area (Å²) >= 11 is 0.195. The molecular formula is C7H7NOSe. The van der Waals surface area contributed by atoms with E-state index in [2.05, 4.69) is 4.01 Å². The Morgan fingerprint density at radius 1 is 1.40 bits per heavy atom. The maximum atomic E-state index is 10.9. The van der Waals surface area contributed by atoms with Gasteiger partial charge in [0.15, 0.2) is 0 Å². The number of carbonyl (C=O) groups excluding carboxylic acids is 1. The molecule has 0 spiro atoms. The Morgan fingerprint density at radius 3 is 2.70 bits per heavy atom. The van der Waals surface area contributed by atoms with Crippen molar-refractivity contribution in [1.29, 1.82) is 0 Å². The molecule has 0 aromatic heterocycles. The quantitative estimate of drug-likeness (QED) is 0.454. The van der Waals surface area contributed by atoms with Gasteiger partial charge in [-0.15, -0.1) is 0 Å². The van der Waals surface area contributed by atoms with Gasteiger partial charge in [0.25, 0.3) is 0 Å². The molecule has 1 aliphatic carbocycles. The van der Waals surface area contributed by atoms with Crippen molar-refractivity contribution in [2.45, 2.75) is 5.82 Å². The fourth-order valence-corrected chi connectivity index (χ4v) is 1.36. The van der Waals surface area contributed by atoms with Crippen LogP contribution in [0.25, 0.3) is 0 Å². The van der Waals surface area contributed by atoms with E-state index in [-0.39, 0.29) is 21.0 Å². The summed E-state index contributed by atoms with van der Waals surface area (Å²) in [6.45, 7) is 0. The summed E-state index contributed by atoms with van der Waals surface area (Å²) < 4.78 is 4.06. The monoisotopic (exact) mass is 201 g/mol.